The molecule has 1 aliphatic heterocycles. The summed E-state index contributed by atoms with van der Waals surface area (Å²) < 4.78 is 10.8. The first-order valence-corrected chi connectivity index (χ1v) is 8.40. The lowest BCUT2D eigenvalue weighted by atomic mass is 9.99. The molecule has 0 radical (unpaired) electrons. The summed E-state index contributed by atoms with van der Waals surface area (Å²) in [7, 11) is 1.56. The lowest BCUT2D eigenvalue weighted by Gasteiger charge is -2.29. The SMILES string of the molecule is CCOc1cc(/C=C/C(=O)N2CCC(C)CC2)cc(Cl)c1OC. The van der Waals surface area contributed by atoms with Crippen LogP contribution in [0, 0.1) is 5.92 Å². The molecule has 1 fully saturated rings. The molecule has 1 amide bonds. The van der Waals surface area contributed by atoms with E-state index in [2.05, 4.69) is 6.92 Å². The molecule has 0 bridgehead atoms. The van der Waals surface area contributed by atoms with Crippen molar-refractivity contribution in [2.45, 2.75) is 26.7 Å². The first-order valence-electron chi connectivity index (χ1n) is 8.02. The summed E-state index contributed by atoms with van der Waals surface area (Å²) in [4.78, 5) is 14.1. The Balaban J connectivity index is 2.11. The number of benzene rings is 1. The van der Waals surface area contributed by atoms with E-state index in [4.69, 9.17) is 21.1 Å². The van der Waals surface area contributed by atoms with Crippen LogP contribution in [0.2, 0.25) is 5.02 Å². The molecule has 23 heavy (non-hydrogen) atoms. The number of likely N-dealkylation sites (tertiary alicyclic amines) is 1. The molecule has 1 aromatic carbocycles. The third-order valence-electron chi connectivity index (χ3n) is 4.05. The Morgan fingerprint density at radius 2 is 2.09 bits per heavy atom. The van der Waals surface area contributed by atoms with Crippen molar-refractivity contribution in [3.05, 3.63) is 28.8 Å². The molecule has 4 nitrogen and oxygen atoms in total. The fraction of sp³-hybridized carbons (Fsp3) is 0.500. The van der Waals surface area contributed by atoms with Gasteiger partial charge in [-0.3, -0.25) is 4.79 Å². The number of carbonyl (C=O) groups excluding carboxylic acids is 1. The van der Waals surface area contributed by atoms with Gasteiger partial charge in [-0.1, -0.05) is 18.5 Å². The van der Waals surface area contributed by atoms with E-state index in [0.717, 1.165) is 31.5 Å². The number of amides is 1. The van der Waals surface area contributed by atoms with E-state index in [0.29, 0.717) is 29.0 Å². The first-order chi connectivity index (χ1) is 11.0. The number of rotatable bonds is 5. The second kappa shape index (κ2) is 8.25. The molecule has 2 rings (SSSR count). The topological polar surface area (TPSA) is 38.8 Å². The molecule has 5 heteroatoms. The van der Waals surface area contributed by atoms with Crippen molar-refractivity contribution in [3.8, 4) is 11.5 Å². The maximum absolute atomic E-state index is 12.2. The highest BCUT2D eigenvalue weighted by molar-refractivity contribution is 6.32. The molecule has 126 valence electrons. The Hall–Kier alpha value is -1.68. The summed E-state index contributed by atoms with van der Waals surface area (Å²) in [6, 6.07) is 3.60. The van der Waals surface area contributed by atoms with Gasteiger partial charge in [-0.25, -0.2) is 0 Å². The van der Waals surface area contributed by atoms with E-state index < -0.39 is 0 Å². The lowest BCUT2D eigenvalue weighted by Crippen LogP contribution is -2.36. The number of methoxy groups -OCH3 is 1. The summed E-state index contributed by atoms with van der Waals surface area (Å²) in [5.74, 6) is 1.85. The number of carbonyl (C=O) groups is 1. The van der Waals surface area contributed by atoms with Gasteiger partial charge in [-0.2, -0.15) is 0 Å². The summed E-state index contributed by atoms with van der Waals surface area (Å²) in [6.07, 6.45) is 5.52. The number of halogens is 1. The van der Waals surface area contributed by atoms with E-state index in [1.807, 2.05) is 17.9 Å². The van der Waals surface area contributed by atoms with Gasteiger partial charge in [0.25, 0.3) is 0 Å². The van der Waals surface area contributed by atoms with Crippen LogP contribution in [0.1, 0.15) is 32.3 Å². The van der Waals surface area contributed by atoms with Gasteiger partial charge in [0.2, 0.25) is 5.91 Å². The number of piperidine rings is 1. The zero-order chi connectivity index (χ0) is 16.8. The second-order valence-electron chi connectivity index (χ2n) is 5.81. The van der Waals surface area contributed by atoms with Gasteiger partial charge >= 0.3 is 0 Å². The lowest BCUT2D eigenvalue weighted by molar-refractivity contribution is -0.127. The van der Waals surface area contributed by atoms with Gasteiger partial charge in [-0.05, 0) is 49.5 Å². The Morgan fingerprint density at radius 1 is 1.39 bits per heavy atom. The fourth-order valence-corrected chi connectivity index (χ4v) is 2.94. The number of nitrogens with zero attached hydrogens (tertiary/aromatic N) is 1. The van der Waals surface area contributed by atoms with Crippen LogP contribution in [-0.2, 0) is 4.79 Å². The second-order valence-corrected chi connectivity index (χ2v) is 6.22. The van der Waals surface area contributed by atoms with Gasteiger partial charge in [0, 0.05) is 19.2 Å². The van der Waals surface area contributed by atoms with Crippen LogP contribution in [-0.4, -0.2) is 37.6 Å². The summed E-state index contributed by atoms with van der Waals surface area (Å²) in [5.41, 5.74) is 0.818. The highest BCUT2D eigenvalue weighted by atomic mass is 35.5. The fourth-order valence-electron chi connectivity index (χ4n) is 2.65. The zero-order valence-corrected chi connectivity index (χ0v) is 14.7. The Bertz CT molecular complexity index is 578. The van der Waals surface area contributed by atoms with Gasteiger partial charge in [-0.15, -0.1) is 0 Å². The van der Waals surface area contributed by atoms with Gasteiger partial charge in [0.15, 0.2) is 11.5 Å². The highest BCUT2D eigenvalue weighted by Crippen LogP contribution is 2.36. The van der Waals surface area contributed by atoms with Gasteiger partial charge in [0.1, 0.15) is 0 Å². The smallest absolute Gasteiger partial charge is 0.246 e. The first kappa shape index (κ1) is 17.7. The number of hydrogen-bond acceptors (Lipinski definition) is 3. The molecule has 0 aromatic heterocycles. The predicted octanol–water partition coefficient (Wildman–Crippen LogP) is 4.02. The quantitative estimate of drug-likeness (QED) is 0.762. The normalized spacial score (nSPS) is 15.9. The Kier molecular flexibility index (Phi) is 6.34. The monoisotopic (exact) mass is 337 g/mol. The van der Waals surface area contributed by atoms with Crippen LogP contribution in [0.25, 0.3) is 6.08 Å². The van der Waals surface area contributed by atoms with E-state index in [-0.39, 0.29) is 5.91 Å². The van der Waals surface area contributed by atoms with Crippen LogP contribution in [0.5, 0.6) is 11.5 Å². The molecule has 0 unspecified atom stereocenters. The molecule has 1 aliphatic rings. The predicted molar refractivity (Wildman–Crippen MR) is 93.2 cm³/mol. The molecule has 1 aromatic rings. The van der Waals surface area contributed by atoms with Crippen molar-refractivity contribution in [1.82, 2.24) is 4.90 Å². The van der Waals surface area contributed by atoms with E-state index in [9.17, 15) is 4.79 Å². The highest BCUT2D eigenvalue weighted by Gasteiger charge is 2.18. The van der Waals surface area contributed by atoms with Crippen molar-refractivity contribution >= 4 is 23.6 Å². The molecule has 0 aliphatic carbocycles. The molecule has 0 N–H and O–H groups in total. The molecule has 1 saturated heterocycles. The van der Waals surface area contributed by atoms with Crippen LogP contribution in [0.15, 0.2) is 18.2 Å². The summed E-state index contributed by atoms with van der Waals surface area (Å²) in [6.45, 7) is 6.31. The van der Waals surface area contributed by atoms with Crippen LogP contribution in [0.3, 0.4) is 0 Å². The number of hydrogen-bond donors (Lipinski definition) is 0. The molecule has 0 saturated carbocycles. The standard InChI is InChI=1S/C18H24ClNO3/c1-4-23-16-12-14(11-15(19)18(16)22-3)5-6-17(21)20-9-7-13(2)8-10-20/h5-6,11-13H,4,7-10H2,1-3H3/b6-5+. The maximum Gasteiger partial charge on any atom is 0.246 e. The van der Waals surface area contributed by atoms with Crippen LogP contribution in [0.4, 0.5) is 0 Å². The maximum atomic E-state index is 12.2. The number of ether oxygens (including phenoxy) is 2. The van der Waals surface area contributed by atoms with Crippen LogP contribution < -0.4 is 9.47 Å². The van der Waals surface area contributed by atoms with Gasteiger partial charge < -0.3 is 14.4 Å². The Morgan fingerprint density at radius 3 is 2.70 bits per heavy atom. The van der Waals surface area contributed by atoms with Crippen LogP contribution >= 0.6 is 11.6 Å². The van der Waals surface area contributed by atoms with E-state index >= 15 is 0 Å². The molecular formula is C18H24ClNO3. The van der Waals surface area contributed by atoms with E-state index in [1.165, 1.54) is 0 Å². The molecule has 0 spiro atoms. The van der Waals surface area contributed by atoms with Crippen molar-refractivity contribution in [2.75, 3.05) is 26.8 Å². The van der Waals surface area contributed by atoms with Crippen molar-refractivity contribution in [2.24, 2.45) is 5.92 Å². The van der Waals surface area contributed by atoms with Gasteiger partial charge in [0.05, 0.1) is 18.7 Å². The van der Waals surface area contributed by atoms with Crippen molar-refractivity contribution < 1.29 is 14.3 Å². The molecular weight excluding hydrogens is 314 g/mol. The summed E-state index contributed by atoms with van der Waals surface area (Å²) in [5, 5.41) is 0.470. The minimum Gasteiger partial charge on any atom is -0.491 e. The van der Waals surface area contributed by atoms with E-state index in [1.54, 1.807) is 25.3 Å². The molecule has 0 atom stereocenters. The molecule has 1 heterocycles. The minimum absolute atomic E-state index is 0.0433. The third kappa shape index (κ3) is 4.64. The van der Waals surface area contributed by atoms with Crippen molar-refractivity contribution in [1.29, 1.82) is 0 Å². The largest absolute Gasteiger partial charge is 0.491 e. The summed E-state index contributed by atoms with van der Waals surface area (Å²) >= 11 is 6.22. The average molecular weight is 338 g/mol. The Labute approximate surface area is 143 Å². The van der Waals surface area contributed by atoms with Crippen molar-refractivity contribution in [3.63, 3.8) is 0 Å². The minimum atomic E-state index is 0.0433. The zero-order valence-electron chi connectivity index (χ0n) is 14.0. The third-order valence-corrected chi connectivity index (χ3v) is 4.33. The average Bonchev–Trinajstić information content (AvgIpc) is 2.53.